The summed E-state index contributed by atoms with van der Waals surface area (Å²) in [4.78, 5) is 31.3. The third-order valence-corrected chi connectivity index (χ3v) is 4.43. The van der Waals surface area contributed by atoms with Crippen LogP contribution in [-0.2, 0) is 4.79 Å². The molecule has 0 spiro atoms. The zero-order valence-electron chi connectivity index (χ0n) is 15.3. The van der Waals surface area contributed by atoms with E-state index in [1.165, 1.54) is 0 Å². The quantitative estimate of drug-likeness (QED) is 0.448. The second-order valence-electron chi connectivity index (χ2n) is 6.30. The predicted octanol–water partition coefficient (Wildman–Crippen LogP) is 2.24. The van der Waals surface area contributed by atoms with Crippen LogP contribution in [0.4, 0.5) is 26.7 Å². The summed E-state index contributed by atoms with van der Waals surface area (Å²) < 4.78 is 69.4. The van der Waals surface area contributed by atoms with Crippen LogP contribution in [0.1, 0.15) is 17.3 Å². The Morgan fingerprint density at radius 3 is 2.61 bits per heavy atom. The van der Waals surface area contributed by atoms with E-state index < -0.39 is 59.3 Å². The molecule has 8 nitrogen and oxygen atoms in total. The van der Waals surface area contributed by atoms with Gasteiger partial charge in [0.25, 0.3) is 0 Å². The van der Waals surface area contributed by atoms with Gasteiger partial charge in [0.15, 0.2) is 6.61 Å². The van der Waals surface area contributed by atoms with E-state index in [9.17, 15) is 31.5 Å². The Kier molecular flexibility index (Phi) is 6.43. The van der Waals surface area contributed by atoms with E-state index in [2.05, 4.69) is 30.7 Å². The van der Waals surface area contributed by atoms with Crippen molar-refractivity contribution < 1.29 is 36.3 Å². The molecule has 2 aromatic rings. The highest BCUT2D eigenvalue weighted by molar-refractivity contribution is 6.31. The monoisotopic (exact) mass is 465 g/mol. The van der Waals surface area contributed by atoms with Gasteiger partial charge in [-0.2, -0.15) is 13.2 Å². The number of hydrogen-bond acceptors (Lipinski definition) is 5. The maximum absolute atomic E-state index is 14.6. The number of amides is 3. The highest BCUT2D eigenvalue weighted by Crippen LogP contribution is 2.29. The fraction of sp³-hybridized carbons (Fsp3) is 0.294. The summed E-state index contributed by atoms with van der Waals surface area (Å²) in [5.41, 5.74) is -0.387. The number of carbonyl (C=O) groups excluding carboxylic acids is 2. The number of hydrogen-bond donors (Lipinski definition) is 3. The summed E-state index contributed by atoms with van der Waals surface area (Å²) in [7, 11) is 0. The van der Waals surface area contributed by atoms with E-state index in [0.717, 1.165) is 24.5 Å². The molecule has 3 amide bonds. The number of halogens is 6. The molecule has 166 valence electrons. The van der Waals surface area contributed by atoms with Crippen LogP contribution in [-0.4, -0.2) is 47.3 Å². The molecule has 0 radical (unpaired) electrons. The molecular formula is C17H13ClF5N5O3. The molecule has 0 bridgehead atoms. The highest BCUT2D eigenvalue weighted by atomic mass is 35.5. The standard InChI is InChI=1S/C17H13ClF5N5O3/c18-12-8(19)2-1-7(13(12)20)14(28-15(29)10-4-26-16(30)27-10)9-3-25-11(5-24-9)31-6-17(21,22)23/h1-3,5,10,14H,4,6H2,(H,28,29)(H2,26,27,30)/t10-,14-/m0/s1. The Labute approximate surface area is 176 Å². The van der Waals surface area contributed by atoms with Gasteiger partial charge in [0, 0.05) is 12.1 Å². The van der Waals surface area contributed by atoms with Crippen molar-refractivity contribution in [1.29, 1.82) is 0 Å². The summed E-state index contributed by atoms with van der Waals surface area (Å²) in [6.07, 6.45) is -2.79. The average molecular weight is 466 g/mol. The Morgan fingerprint density at radius 2 is 2.03 bits per heavy atom. The molecule has 2 atom stereocenters. The average Bonchev–Trinajstić information content (AvgIpc) is 3.16. The molecule has 1 fully saturated rings. The van der Waals surface area contributed by atoms with Crippen molar-refractivity contribution in [2.75, 3.05) is 13.2 Å². The van der Waals surface area contributed by atoms with Crippen LogP contribution >= 0.6 is 11.6 Å². The molecule has 1 aliphatic heterocycles. The number of nitrogens with zero attached hydrogens (tertiary/aromatic N) is 2. The minimum absolute atomic E-state index is 0.0417. The van der Waals surface area contributed by atoms with E-state index in [4.69, 9.17) is 11.6 Å². The van der Waals surface area contributed by atoms with Crippen LogP contribution < -0.4 is 20.7 Å². The Balaban J connectivity index is 1.89. The maximum atomic E-state index is 14.6. The molecule has 2 heterocycles. The number of ether oxygens (including phenoxy) is 1. The van der Waals surface area contributed by atoms with Gasteiger partial charge >= 0.3 is 12.2 Å². The first-order valence-electron chi connectivity index (χ1n) is 8.55. The van der Waals surface area contributed by atoms with E-state index in [0.29, 0.717) is 0 Å². The normalized spacial score (nSPS) is 17.0. The van der Waals surface area contributed by atoms with Crippen LogP contribution in [0, 0.1) is 11.6 Å². The zero-order chi connectivity index (χ0) is 22.8. The molecule has 1 aromatic heterocycles. The molecule has 1 aliphatic rings. The van der Waals surface area contributed by atoms with Crippen LogP contribution in [0.25, 0.3) is 0 Å². The molecule has 1 saturated heterocycles. The van der Waals surface area contributed by atoms with Crippen LogP contribution in [0.3, 0.4) is 0 Å². The summed E-state index contributed by atoms with van der Waals surface area (Å²) in [6.45, 7) is -1.64. The predicted molar refractivity (Wildman–Crippen MR) is 95.3 cm³/mol. The molecule has 14 heteroatoms. The van der Waals surface area contributed by atoms with Crippen molar-refractivity contribution in [3.8, 4) is 5.88 Å². The topological polar surface area (TPSA) is 105 Å². The number of carbonyl (C=O) groups is 2. The number of nitrogens with one attached hydrogen (secondary N) is 3. The SMILES string of the molecule is O=C1NC[C@@H](C(=O)N[C@H](c2cnc(OCC(F)(F)F)cn2)c2ccc(F)c(Cl)c2F)N1. The lowest BCUT2D eigenvalue weighted by molar-refractivity contribution is -0.154. The largest absolute Gasteiger partial charge is 0.467 e. The molecule has 3 N–H and O–H groups in total. The van der Waals surface area contributed by atoms with Gasteiger partial charge in [0.1, 0.15) is 28.7 Å². The lowest BCUT2D eigenvalue weighted by atomic mass is 10.0. The van der Waals surface area contributed by atoms with Crippen molar-refractivity contribution in [2.45, 2.75) is 18.3 Å². The smallest absolute Gasteiger partial charge is 0.422 e. The first-order chi connectivity index (χ1) is 14.5. The Morgan fingerprint density at radius 1 is 1.29 bits per heavy atom. The summed E-state index contributed by atoms with van der Waals surface area (Å²) >= 11 is 5.61. The fourth-order valence-electron chi connectivity index (χ4n) is 2.64. The first-order valence-corrected chi connectivity index (χ1v) is 8.92. The van der Waals surface area contributed by atoms with E-state index in [-0.39, 0.29) is 17.8 Å². The molecule has 0 aliphatic carbocycles. The van der Waals surface area contributed by atoms with Gasteiger partial charge in [0.2, 0.25) is 11.8 Å². The lowest BCUT2D eigenvalue weighted by Gasteiger charge is -2.21. The third-order valence-electron chi connectivity index (χ3n) is 4.08. The van der Waals surface area contributed by atoms with Gasteiger partial charge in [-0.3, -0.25) is 9.78 Å². The van der Waals surface area contributed by atoms with Gasteiger partial charge in [-0.05, 0) is 6.07 Å². The highest BCUT2D eigenvalue weighted by Gasteiger charge is 2.32. The van der Waals surface area contributed by atoms with Gasteiger partial charge < -0.3 is 20.7 Å². The summed E-state index contributed by atoms with van der Waals surface area (Å²) in [5, 5.41) is 6.31. The van der Waals surface area contributed by atoms with Crippen LogP contribution in [0.15, 0.2) is 24.5 Å². The molecular weight excluding hydrogens is 453 g/mol. The molecule has 31 heavy (non-hydrogen) atoms. The number of urea groups is 1. The zero-order valence-corrected chi connectivity index (χ0v) is 16.0. The van der Waals surface area contributed by atoms with Gasteiger partial charge in [-0.25, -0.2) is 18.6 Å². The second-order valence-corrected chi connectivity index (χ2v) is 6.67. The number of rotatable bonds is 6. The van der Waals surface area contributed by atoms with Crippen molar-refractivity contribution in [1.82, 2.24) is 25.9 Å². The van der Waals surface area contributed by atoms with Crippen molar-refractivity contribution in [2.24, 2.45) is 0 Å². The fourth-order valence-corrected chi connectivity index (χ4v) is 2.81. The van der Waals surface area contributed by atoms with E-state index >= 15 is 0 Å². The number of alkyl halides is 3. The lowest BCUT2D eigenvalue weighted by Crippen LogP contribution is -2.44. The number of aromatic nitrogens is 2. The molecule has 0 unspecified atom stereocenters. The van der Waals surface area contributed by atoms with Crippen molar-refractivity contribution in [3.05, 3.63) is 52.4 Å². The van der Waals surface area contributed by atoms with Gasteiger partial charge in [0.05, 0.1) is 18.1 Å². The number of benzene rings is 1. The minimum Gasteiger partial charge on any atom is -0.467 e. The summed E-state index contributed by atoms with van der Waals surface area (Å²) in [6, 6.07) is -1.04. The molecule has 3 rings (SSSR count). The second kappa shape index (κ2) is 8.88. The van der Waals surface area contributed by atoms with E-state index in [1.54, 1.807) is 0 Å². The van der Waals surface area contributed by atoms with Crippen LogP contribution in [0.5, 0.6) is 5.88 Å². The van der Waals surface area contributed by atoms with Crippen molar-refractivity contribution in [3.63, 3.8) is 0 Å². The molecule has 1 aromatic carbocycles. The minimum atomic E-state index is -4.59. The van der Waals surface area contributed by atoms with Gasteiger partial charge in [-0.1, -0.05) is 17.7 Å². The van der Waals surface area contributed by atoms with Gasteiger partial charge in [-0.15, -0.1) is 0 Å². The van der Waals surface area contributed by atoms with Crippen molar-refractivity contribution >= 4 is 23.5 Å². The Hall–Kier alpha value is -3.22. The molecule has 0 saturated carbocycles. The Bertz CT molecular complexity index is 989. The van der Waals surface area contributed by atoms with Crippen LogP contribution in [0.2, 0.25) is 5.02 Å². The third kappa shape index (κ3) is 5.48. The van der Waals surface area contributed by atoms with E-state index in [1.807, 2.05) is 0 Å². The maximum Gasteiger partial charge on any atom is 0.422 e. The first kappa shape index (κ1) is 22.5. The summed E-state index contributed by atoms with van der Waals surface area (Å²) in [5.74, 6) is -3.42.